The fourth-order valence-electron chi connectivity index (χ4n) is 4.04. The molecule has 2 aliphatic carbocycles. The topological polar surface area (TPSA) is 18.5 Å². The lowest BCUT2D eigenvalue weighted by molar-refractivity contribution is -0.236. The molecule has 0 N–H and O–H groups in total. The number of fused-ring (bicyclic) bond motifs is 6. The second kappa shape index (κ2) is 3.25. The van der Waals surface area contributed by atoms with E-state index in [-0.39, 0.29) is 5.41 Å². The Morgan fingerprint density at radius 2 is 1.89 bits per heavy atom. The molecule has 1 heterocycles. The van der Waals surface area contributed by atoms with Crippen molar-refractivity contribution in [3.05, 3.63) is 47.0 Å². The fraction of sp³-hybridized carbons (Fsp3) is 0.500. The number of benzene rings is 1. The average molecular weight is 242 g/mol. The van der Waals surface area contributed by atoms with E-state index in [4.69, 9.17) is 9.47 Å². The zero-order valence-electron chi connectivity index (χ0n) is 10.9. The molecule has 0 amide bonds. The third kappa shape index (κ3) is 1.03. The van der Waals surface area contributed by atoms with Crippen LogP contribution in [0.3, 0.4) is 0 Å². The molecule has 94 valence electrons. The highest BCUT2D eigenvalue weighted by Crippen LogP contribution is 2.63. The molecule has 2 bridgehead atoms. The minimum absolute atomic E-state index is 0.0114. The first-order valence-electron chi connectivity index (χ1n) is 6.74. The molecular weight excluding hydrogens is 224 g/mol. The highest BCUT2D eigenvalue weighted by Gasteiger charge is 2.61. The summed E-state index contributed by atoms with van der Waals surface area (Å²) in [5, 5.41) is 0. The Kier molecular flexibility index (Phi) is 1.95. The van der Waals surface area contributed by atoms with Crippen molar-refractivity contribution in [3.8, 4) is 0 Å². The van der Waals surface area contributed by atoms with E-state index < -0.39 is 5.79 Å². The highest BCUT2D eigenvalue weighted by molar-refractivity contribution is 5.48. The van der Waals surface area contributed by atoms with Crippen LogP contribution in [0.5, 0.6) is 0 Å². The summed E-state index contributed by atoms with van der Waals surface area (Å²) in [6, 6.07) is 8.61. The van der Waals surface area contributed by atoms with Gasteiger partial charge < -0.3 is 9.47 Å². The van der Waals surface area contributed by atoms with Crippen LogP contribution >= 0.6 is 0 Å². The normalized spacial score (nSPS) is 35.7. The lowest BCUT2D eigenvalue weighted by Gasteiger charge is -2.47. The van der Waals surface area contributed by atoms with Crippen molar-refractivity contribution in [1.82, 2.24) is 0 Å². The van der Waals surface area contributed by atoms with Crippen LogP contribution in [-0.4, -0.2) is 13.2 Å². The van der Waals surface area contributed by atoms with Gasteiger partial charge in [-0.3, -0.25) is 0 Å². The largest absolute Gasteiger partial charge is 0.343 e. The van der Waals surface area contributed by atoms with E-state index in [9.17, 15) is 0 Å². The number of hydrogen-bond acceptors (Lipinski definition) is 2. The predicted octanol–water partition coefficient (Wildman–Crippen LogP) is 3.34. The van der Waals surface area contributed by atoms with E-state index in [1.165, 1.54) is 16.7 Å². The first-order valence-corrected chi connectivity index (χ1v) is 6.74. The number of rotatable bonds is 0. The molecule has 1 aromatic carbocycles. The van der Waals surface area contributed by atoms with Crippen molar-refractivity contribution in [3.63, 3.8) is 0 Å². The van der Waals surface area contributed by atoms with Crippen LogP contribution in [0.2, 0.25) is 0 Å². The Morgan fingerprint density at radius 1 is 1.17 bits per heavy atom. The summed E-state index contributed by atoms with van der Waals surface area (Å²) < 4.78 is 12.3. The van der Waals surface area contributed by atoms with Gasteiger partial charge in [0.05, 0.1) is 13.2 Å². The average Bonchev–Trinajstić information content (AvgIpc) is 2.95. The molecule has 1 aromatic rings. The zero-order chi connectivity index (χ0) is 12.4. The zero-order valence-corrected chi connectivity index (χ0v) is 10.9. The molecule has 0 saturated carbocycles. The van der Waals surface area contributed by atoms with Gasteiger partial charge in [-0.1, -0.05) is 42.8 Å². The maximum atomic E-state index is 6.15. The molecule has 1 saturated heterocycles. The molecule has 0 radical (unpaired) electrons. The van der Waals surface area contributed by atoms with Crippen molar-refractivity contribution in [2.24, 2.45) is 5.41 Å². The molecule has 3 aliphatic rings. The molecule has 2 nitrogen and oxygen atoms in total. The van der Waals surface area contributed by atoms with Gasteiger partial charge in [-0.05, 0) is 18.9 Å². The first-order chi connectivity index (χ1) is 8.67. The molecule has 4 rings (SSSR count). The van der Waals surface area contributed by atoms with Gasteiger partial charge in [0, 0.05) is 16.9 Å². The first kappa shape index (κ1) is 10.8. The lowest BCUT2D eigenvalue weighted by Crippen LogP contribution is -2.47. The molecule has 0 unspecified atom stereocenters. The Labute approximate surface area is 108 Å². The van der Waals surface area contributed by atoms with Crippen molar-refractivity contribution in [1.29, 1.82) is 0 Å². The van der Waals surface area contributed by atoms with Gasteiger partial charge >= 0.3 is 0 Å². The molecule has 2 atom stereocenters. The smallest absolute Gasteiger partial charge is 0.204 e. The van der Waals surface area contributed by atoms with Crippen LogP contribution in [0.1, 0.15) is 37.3 Å². The Hall–Kier alpha value is -1.12. The van der Waals surface area contributed by atoms with E-state index in [0.717, 1.165) is 6.42 Å². The summed E-state index contributed by atoms with van der Waals surface area (Å²) in [6.45, 7) is 5.91. The fourth-order valence-corrected chi connectivity index (χ4v) is 4.04. The second-order valence-corrected chi connectivity index (χ2v) is 5.89. The van der Waals surface area contributed by atoms with Gasteiger partial charge in [-0.2, -0.15) is 0 Å². The Bertz CT molecular complexity index is 540. The second-order valence-electron chi connectivity index (χ2n) is 5.89. The molecule has 1 aliphatic heterocycles. The molecule has 0 aromatic heterocycles. The third-order valence-electron chi connectivity index (χ3n) is 5.08. The Balaban J connectivity index is 2.03. The van der Waals surface area contributed by atoms with Crippen LogP contribution in [0.25, 0.3) is 0 Å². The standard InChI is InChI=1S/C16H18O2/c1-11-9-12-10-15(11,2)16(17-7-8-18-16)14-6-4-3-5-13(12)14/h3-6,9,12H,7-8,10H2,1-2H3/t12-,15-/m1/s1. The third-order valence-corrected chi connectivity index (χ3v) is 5.08. The summed E-state index contributed by atoms with van der Waals surface area (Å²) in [7, 11) is 0. The van der Waals surface area contributed by atoms with Gasteiger partial charge in [0.2, 0.25) is 5.79 Å². The van der Waals surface area contributed by atoms with Crippen molar-refractivity contribution in [2.45, 2.75) is 32.0 Å². The van der Waals surface area contributed by atoms with Crippen LogP contribution in [-0.2, 0) is 15.3 Å². The maximum Gasteiger partial charge on any atom is 0.204 e. The monoisotopic (exact) mass is 242 g/mol. The van der Waals surface area contributed by atoms with Crippen LogP contribution in [0, 0.1) is 5.41 Å². The maximum absolute atomic E-state index is 6.15. The lowest BCUT2D eigenvalue weighted by atomic mass is 9.66. The van der Waals surface area contributed by atoms with Gasteiger partial charge in [0.1, 0.15) is 0 Å². The van der Waals surface area contributed by atoms with Crippen molar-refractivity contribution >= 4 is 0 Å². The van der Waals surface area contributed by atoms with Crippen molar-refractivity contribution < 1.29 is 9.47 Å². The predicted molar refractivity (Wildman–Crippen MR) is 69.2 cm³/mol. The van der Waals surface area contributed by atoms with Gasteiger partial charge in [-0.15, -0.1) is 0 Å². The SMILES string of the molecule is CC1=C[C@@H]2C[C@@]1(C)C1(OCCO1)c1ccccc12. The molecule has 1 fully saturated rings. The number of hydrogen-bond donors (Lipinski definition) is 0. The van der Waals surface area contributed by atoms with E-state index in [1.54, 1.807) is 0 Å². The van der Waals surface area contributed by atoms with E-state index in [0.29, 0.717) is 19.1 Å². The van der Waals surface area contributed by atoms with Crippen LogP contribution in [0.4, 0.5) is 0 Å². The van der Waals surface area contributed by atoms with Gasteiger partial charge in [-0.25, -0.2) is 0 Å². The summed E-state index contributed by atoms with van der Waals surface area (Å²) in [5.41, 5.74) is 4.02. The summed E-state index contributed by atoms with van der Waals surface area (Å²) >= 11 is 0. The van der Waals surface area contributed by atoms with Crippen molar-refractivity contribution in [2.75, 3.05) is 13.2 Å². The van der Waals surface area contributed by atoms with E-state index in [1.807, 2.05) is 0 Å². The summed E-state index contributed by atoms with van der Waals surface area (Å²) in [5.74, 6) is -0.0124. The molecule has 1 spiro atoms. The summed E-state index contributed by atoms with van der Waals surface area (Å²) in [4.78, 5) is 0. The molecule has 2 heteroatoms. The van der Waals surface area contributed by atoms with Gasteiger partial charge in [0.25, 0.3) is 0 Å². The molecule has 18 heavy (non-hydrogen) atoms. The van der Waals surface area contributed by atoms with E-state index >= 15 is 0 Å². The Morgan fingerprint density at radius 3 is 2.67 bits per heavy atom. The summed E-state index contributed by atoms with van der Waals surface area (Å²) in [6.07, 6.45) is 3.51. The van der Waals surface area contributed by atoms with Crippen LogP contribution in [0.15, 0.2) is 35.9 Å². The highest BCUT2D eigenvalue weighted by atomic mass is 16.7. The van der Waals surface area contributed by atoms with E-state index in [2.05, 4.69) is 44.2 Å². The molecular formula is C16H18O2. The minimum Gasteiger partial charge on any atom is -0.343 e. The van der Waals surface area contributed by atoms with Gasteiger partial charge in [0.15, 0.2) is 0 Å². The minimum atomic E-state index is -0.544. The number of ether oxygens (including phenoxy) is 2. The van der Waals surface area contributed by atoms with Crippen LogP contribution < -0.4 is 0 Å². The quantitative estimate of drug-likeness (QED) is 0.650. The number of allylic oxidation sites excluding steroid dienone is 1.